The summed E-state index contributed by atoms with van der Waals surface area (Å²) in [5.41, 5.74) is 3.00. The molecule has 1 aromatic heterocycles. The number of aromatic nitrogens is 1. The van der Waals surface area contributed by atoms with Crippen LogP contribution in [0.1, 0.15) is 28.4 Å². The lowest BCUT2D eigenvalue weighted by molar-refractivity contribution is 0.0923. The first-order valence-electron chi connectivity index (χ1n) is 10.9. The smallest absolute Gasteiger partial charge is 0.409 e. The van der Waals surface area contributed by atoms with Crippen LogP contribution >= 0.6 is 0 Å². The van der Waals surface area contributed by atoms with Crippen molar-refractivity contribution in [3.8, 4) is 5.75 Å². The second-order valence-corrected chi connectivity index (χ2v) is 7.95. The third-order valence-electron chi connectivity index (χ3n) is 5.95. The van der Waals surface area contributed by atoms with E-state index in [0.717, 1.165) is 17.0 Å². The van der Waals surface area contributed by atoms with Crippen LogP contribution in [0.3, 0.4) is 0 Å². The Kier molecular flexibility index (Phi) is 5.70. The van der Waals surface area contributed by atoms with Crippen LogP contribution in [0.5, 0.6) is 5.75 Å². The van der Waals surface area contributed by atoms with Gasteiger partial charge in [0.2, 0.25) is 0 Å². The molecule has 3 heterocycles. The lowest BCUT2D eigenvalue weighted by Crippen LogP contribution is -2.39. The van der Waals surface area contributed by atoms with E-state index in [-0.39, 0.29) is 11.9 Å². The number of fused-ring (bicyclic) bond motifs is 2. The van der Waals surface area contributed by atoms with E-state index in [1.165, 1.54) is 6.20 Å². The maximum absolute atomic E-state index is 13.5. The minimum atomic E-state index is -1.17. The standard InChI is InChI=1S/C24H24N4O5/c29-23(26-18-8-11-33-20-7-2-1-4-15(18)20)17-14-25-21-16(5-3-6-19(21)27-24(30)31)22(17)28-9-12-32-13-10-28/h1-7,14,18,27H,8-13H2,(H,26,29)(H,30,31)/t18-/m0/s1. The predicted molar refractivity (Wildman–Crippen MR) is 123 cm³/mol. The molecule has 2 amide bonds. The number of benzene rings is 2. The van der Waals surface area contributed by atoms with Crippen LogP contribution in [0.15, 0.2) is 48.7 Å². The highest BCUT2D eigenvalue weighted by Crippen LogP contribution is 2.35. The minimum absolute atomic E-state index is 0.171. The molecule has 2 aliphatic rings. The summed E-state index contributed by atoms with van der Waals surface area (Å²) in [5, 5.41) is 15.5. The van der Waals surface area contributed by atoms with Crippen LogP contribution in [0, 0.1) is 0 Å². The molecule has 0 radical (unpaired) electrons. The van der Waals surface area contributed by atoms with Gasteiger partial charge in [0.15, 0.2) is 0 Å². The number of nitrogens with one attached hydrogen (secondary N) is 2. The van der Waals surface area contributed by atoms with Gasteiger partial charge < -0.3 is 24.8 Å². The second-order valence-electron chi connectivity index (χ2n) is 7.95. The van der Waals surface area contributed by atoms with E-state index in [4.69, 9.17) is 9.47 Å². The van der Waals surface area contributed by atoms with Crippen molar-refractivity contribution >= 4 is 34.3 Å². The zero-order chi connectivity index (χ0) is 22.8. The van der Waals surface area contributed by atoms with Gasteiger partial charge in [-0.25, -0.2) is 4.79 Å². The van der Waals surface area contributed by atoms with E-state index < -0.39 is 6.09 Å². The number of hydrogen-bond acceptors (Lipinski definition) is 6. The molecular weight excluding hydrogens is 424 g/mol. The normalized spacial score (nSPS) is 17.7. The Morgan fingerprint density at radius 1 is 1.06 bits per heavy atom. The quantitative estimate of drug-likeness (QED) is 0.561. The molecule has 1 saturated heterocycles. The Bertz CT molecular complexity index is 1210. The maximum atomic E-state index is 13.5. The van der Waals surface area contributed by atoms with Crippen molar-refractivity contribution in [3.63, 3.8) is 0 Å². The molecular formula is C24H24N4O5. The van der Waals surface area contributed by atoms with Gasteiger partial charge in [-0.15, -0.1) is 0 Å². The number of pyridine rings is 1. The molecule has 1 atom stereocenters. The topological polar surface area (TPSA) is 113 Å². The number of para-hydroxylation sites is 2. The van der Waals surface area contributed by atoms with Crippen molar-refractivity contribution in [3.05, 3.63) is 59.8 Å². The average molecular weight is 448 g/mol. The van der Waals surface area contributed by atoms with E-state index in [9.17, 15) is 14.7 Å². The van der Waals surface area contributed by atoms with Gasteiger partial charge >= 0.3 is 6.09 Å². The average Bonchev–Trinajstić information content (AvgIpc) is 2.84. The summed E-state index contributed by atoms with van der Waals surface area (Å²) in [7, 11) is 0. The van der Waals surface area contributed by atoms with E-state index in [0.29, 0.717) is 61.5 Å². The summed E-state index contributed by atoms with van der Waals surface area (Å²) in [4.78, 5) is 31.4. The number of carboxylic acid groups (broad SMARTS) is 1. The van der Waals surface area contributed by atoms with Crippen LogP contribution in [-0.2, 0) is 4.74 Å². The zero-order valence-electron chi connectivity index (χ0n) is 17.9. The lowest BCUT2D eigenvalue weighted by Gasteiger charge is -2.32. The maximum Gasteiger partial charge on any atom is 0.409 e. The van der Waals surface area contributed by atoms with E-state index >= 15 is 0 Å². The summed E-state index contributed by atoms with van der Waals surface area (Å²) >= 11 is 0. The van der Waals surface area contributed by atoms with Gasteiger partial charge in [0.25, 0.3) is 5.91 Å². The number of ether oxygens (including phenoxy) is 2. The van der Waals surface area contributed by atoms with Crippen LogP contribution < -0.4 is 20.3 Å². The molecule has 33 heavy (non-hydrogen) atoms. The number of morpholine rings is 1. The molecule has 2 aliphatic heterocycles. The Morgan fingerprint density at radius 2 is 1.88 bits per heavy atom. The molecule has 2 aromatic carbocycles. The Morgan fingerprint density at radius 3 is 2.70 bits per heavy atom. The highest BCUT2D eigenvalue weighted by molar-refractivity contribution is 6.10. The summed E-state index contributed by atoms with van der Waals surface area (Å²) in [6.45, 7) is 2.86. The molecule has 170 valence electrons. The molecule has 9 heteroatoms. The SMILES string of the molecule is O=C(O)Nc1cccc2c(N3CCOCC3)c(C(=O)N[C@H]3CCOc4ccccc43)cnc12. The fraction of sp³-hybridized carbons (Fsp3) is 0.292. The number of rotatable bonds is 4. The molecule has 0 unspecified atom stereocenters. The number of carbonyl (C=O) groups excluding carboxylic acids is 1. The molecule has 0 spiro atoms. The highest BCUT2D eigenvalue weighted by atomic mass is 16.5. The molecule has 9 nitrogen and oxygen atoms in total. The Labute approximate surface area is 190 Å². The van der Waals surface area contributed by atoms with Crippen molar-refractivity contribution in [2.24, 2.45) is 0 Å². The van der Waals surface area contributed by atoms with Crippen LogP contribution in [0.2, 0.25) is 0 Å². The van der Waals surface area contributed by atoms with Gasteiger partial charge in [0, 0.05) is 36.7 Å². The zero-order valence-corrected chi connectivity index (χ0v) is 17.9. The monoisotopic (exact) mass is 448 g/mol. The lowest BCUT2D eigenvalue weighted by atomic mass is 9.99. The van der Waals surface area contributed by atoms with Crippen molar-refractivity contribution in [1.29, 1.82) is 0 Å². The predicted octanol–water partition coefficient (Wildman–Crippen LogP) is 3.41. The van der Waals surface area contributed by atoms with E-state index in [1.807, 2.05) is 30.3 Å². The molecule has 0 aliphatic carbocycles. The van der Waals surface area contributed by atoms with Gasteiger partial charge in [-0.05, 0) is 12.1 Å². The first kappa shape index (κ1) is 21.0. The second kappa shape index (κ2) is 8.95. The molecule has 0 saturated carbocycles. The number of carbonyl (C=O) groups is 2. The minimum Gasteiger partial charge on any atom is -0.493 e. The molecule has 0 bridgehead atoms. The molecule has 1 fully saturated rings. The van der Waals surface area contributed by atoms with Crippen LogP contribution in [-0.4, -0.2) is 55.0 Å². The highest BCUT2D eigenvalue weighted by Gasteiger charge is 2.27. The Balaban J connectivity index is 1.56. The number of amides is 2. The van der Waals surface area contributed by atoms with E-state index in [1.54, 1.807) is 12.1 Å². The van der Waals surface area contributed by atoms with Crippen LogP contribution in [0.4, 0.5) is 16.2 Å². The van der Waals surface area contributed by atoms with Gasteiger partial charge in [0.1, 0.15) is 5.75 Å². The fourth-order valence-electron chi connectivity index (χ4n) is 4.45. The van der Waals surface area contributed by atoms with Gasteiger partial charge in [-0.1, -0.05) is 30.3 Å². The van der Waals surface area contributed by atoms with E-state index in [2.05, 4.69) is 20.5 Å². The summed E-state index contributed by atoms with van der Waals surface area (Å²) in [6.07, 6.45) is 1.03. The van der Waals surface area contributed by atoms with Crippen molar-refractivity contribution in [2.45, 2.75) is 12.5 Å². The van der Waals surface area contributed by atoms with Crippen molar-refractivity contribution < 1.29 is 24.2 Å². The Hall–Kier alpha value is -3.85. The number of hydrogen-bond donors (Lipinski definition) is 3. The van der Waals surface area contributed by atoms with Crippen molar-refractivity contribution in [1.82, 2.24) is 10.3 Å². The molecule has 5 rings (SSSR count). The van der Waals surface area contributed by atoms with Crippen molar-refractivity contribution in [2.75, 3.05) is 43.1 Å². The first-order valence-corrected chi connectivity index (χ1v) is 10.9. The molecule has 3 N–H and O–H groups in total. The summed E-state index contributed by atoms with van der Waals surface area (Å²) in [5.74, 6) is 0.549. The molecule has 3 aromatic rings. The largest absolute Gasteiger partial charge is 0.493 e. The third-order valence-corrected chi connectivity index (χ3v) is 5.95. The van der Waals surface area contributed by atoms with Gasteiger partial charge in [0.05, 0.1) is 48.3 Å². The summed E-state index contributed by atoms with van der Waals surface area (Å²) in [6, 6.07) is 12.8. The number of nitrogens with zero attached hydrogens (tertiary/aromatic N) is 2. The van der Waals surface area contributed by atoms with Gasteiger partial charge in [-0.3, -0.25) is 15.1 Å². The third kappa shape index (κ3) is 4.14. The van der Waals surface area contributed by atoms with Gasteiger partial charge in [-0.2, -0.15) is 0 Å². The first-order chi connectivity index (χ1) is 16.1. The summed E-state index contributed by atoms with van der Waals surface area (Å²) < 4.78 is 11.2. The fourth-order valence-corrected chi connectivity index (χ4v) is 4.45. The number of anilines is 2. The van der Waals surface area contributed by atoms with Crippen LogP contribution in [0.25, 0.3) is 10.9 Å².